The van der Waals surface area contributed by atoms with Gasteiger partial charge in [0.2, 0.25) is 0 Å². The maximum atomic E-state index is 9.49. The normalized spacial score (nSPS) is 52.6. The number of aliphatic hydroxyl groups excluding tert-OH is 2. The van der Waals surface area contributed by atoms with Crippen LogP contribution in [-0.2, 0) is 4.74 Å². The van der Waals surface area contributed by atoms with E-state index >= 15 is 0 Å². The van der Waals surface area contributed by atoms with E-state index in [4.69, 9.17) is 9.84 Å². The van der Waals surface area contributed by atoms with Crippen LogP contribution in [0.4, 0.5) is 0 Å². The molecular formula is C7H14O4. The summed E-state index contributed by atoms with van der Waals surface area (Å²) >= 11 is 0. The SMILES string of the molecule is CC1O[C@@H](O)C[C@](C)(O)[C@H]1O. The molecule has 1 aliphatic rings. The summed E-state index contributed by atoms with van der Waals surface area (Å²) in [6.07, 6.45) is -2.36. The van der Waals surface area contributed by atoms with Crippen molar-refractivity contribution in [1.29, 1.82) is 0 Å². The summed E-state index contributed by atoms with van der Waals surface area (Å²) in [4.78, 5) is 0. The molecule has 4 nitrogen and oxygen atoms in total. The summed E-state index contributed by atoms with van der Waals surface area (Å²) in [6.45, 7) is 3.10. The molecule has 4 atom stereocenters. The molecule has 1 aliphatic heterocycles. The van der Waals surface area contributed by atoms with E-state index in [2.05, 4.69) is 0 Å². The molecule has 0 aromatic rings. The number of ether oxygens (including phenoxy) is 1. The van der Waals surface area contributed by atoms with E-state index < -0.39 is 24.1 Å². The quantitative estimate of drug-likeness (QED) is 0.437. The fourth-order valence-electron chi connectivity index (χ4n) is 1.35. The first-order valence-corrected chi connectivity index (χ1v) is 3.67. The summed E-state index contributed by atoms with van der Waals surface area (Å²) in [7, 11) is 0. The van der Waals surface area contributed by atoms with Crippen LogP contribution in [-0.4, -0.2) is 39.4 Å². The van der Waals surface area contributed by atoms with Crippen LogP contribution in [0.2, 0.25) is 0 Å². The molecule has 0 bridgehead atoms. The molecule has 1 heterocycles. The van der Waals surface area contributed by atoms with Crippen molar-refractivity contribution in [3.63, 3.8) is 0 Å². The van der Waals surface area contributed by atoms with E-state index in [9.17, 15) is 10.2 Å². The van der Waals surface area contributed by atoms with E-state index in [0.29, 0.717) is 0 Å². The minimum absolute atomic E-state index is 0.0541. The Morgan fingerprint density at radius 3 is 2.45 bits per heavy atom. The Balaban J connectivity index is 2.67. The molecular weight excluding hydrogens is 148 g/mol. The molecule has 0 saturated carbocycles. The van der Waals surface area contributed by atoms with E-state index in [1.165, 1.54) is 6.92 Å². The van der Waals surface area contributed by atoms with Crippen molar-refractivity contribution < 1.29 is 20.1 Å². The molecule has 0 aromatic heterocycles. The second-order valence-corrected chi connectivity index (χ2v) is 3.30. The largest absolute Gasteiger partial charge is 0.387 e. The lowest BCUT2D eigenvalue weighted by molar-refractivity contribution is -0.256. The zero-order chi connectivity index (χ0) is 8.65. The van der Waals surface area contributed by atoms with Gasteiger partial charge in [0, 0.05) is 6.42 Å². The van der Waals surface area contributed by atoms with E-state index in [0.717, 1.165) is 0 Å². The van der Waals surface area contributed by atoms with Crippen molar-refractivity contribution in [3.05, 3.63) is 0 Å². The van der Waals surface area contributed by atoms with Gasteiger partial charge >= 0.3 is 0 Å². The molecule has 4 heteroatoms. The maximum absolute atomic E-state index is 9.49. The van der Waals surface area contributed by atoms with Gasteiger partial charge in [-0.25, -0.2) is 0 Å². The van der Waals surface area contributed by atoms with Crippen molar-refractivity contribution in [2.75, 3.05) is 0 Å². The second-order valence-electron chi connectivity index (χ2n) is 3.30. The third-order valence-corrected chi connectivity index (χ3v) is 2.04. The van der Waals surface area contributed by atoms with Crippen LogP contribution < -0.4 is 0 Å². The fraction of sp³-hybridized carbons (Fsp3) is 1.00. The minimum Gasteiger partial charge on any atom is -0.387 e. The predicted molar refractivity (Wildman–Crippen MR) is 37.8 cm³/mol. The van der Waals surface area contributed by atoms with E-state index in [1.54, 1.807) is 6.92 Å². The fourth-order valence-corrected chi connectivity index (χ4v) is 1.35. The smallest absolute Gasteiger partial charge is 0.157 e. The third kappa shape index (κ3) is 1.70. The monoisotopic (exact) mass is 162 g/mol. The van der Waals surface area contributed by atoms with Crippen molar-refractivity contribution >= 4 is 0 Å². The van der Waals surface area contributed by atoms with Gasteiger partial charge in [-0.2, -0.15) is 0 Å². The third-order valence-electron chi connectivity index (χ3n) is 2.04. The zero-order valence-corrected chi connectivity index (χ0v) is 6.69. The Bertz CT molecular complexity index is 145. The first-order valence-electron chi connectivity index (χ1n) is 3.67. The number of aliphatic hydroxyl groups is 3. The highest BCUT2D eigenvalue weighted by molar-refractivity contribution is 4.90. The van der Waals surface area contributed by atoms with E-state index in [-0.39, 0.29) is 6.42 Å². The molecule has 1 unspecified atom stereocenters. The van der Waals surface area contributed by atoms with Crippen molar-refractivity contribution in [2.24, 2.45) is 0 Å². The van der Waals surface area contributed by atoms with Gasteiger partial charge in [-0.3, -0.25) is 0 Å². The summed E-state index contributed by atoms with van der Waals surface area (Å²) in [5.74, 6) is 0. The molecule has 0 amide bonds. The topological polar surface area (TPSA) is 69.9 Å². The second kappa shape index (κ2) is 2.71. The van der Waals surface area contributed by atoms with Crippen LogP contribution in [0.25, 0.3) is 0 Å². The van der Waals surface area contributed by atoms with Gasteiger partial charge in [0.15, 0.2) is 6.29 Å². The van der Waals surface area contributed by atoms with Gasteiger partial charge in [0.25, 0.3) is 0 Å². The standard InChI is InChI=1S/C7H14O4/c1-4-6(9)7(2,10)3-5(8)11-4/h4-6,8-10H,3H2,1-2H3/t4?,5-,6+,7+/m1/s1. The van der Waals surface area contributed by atoms with Gasteiger partial charge in [-0.15, -0.1) is 0 Å². The van der Waals surface area contributed by atoms with Gasteiger partial charge in [-0.1, -0.05) is 0 Å². The maximum Gasteiger partial charge on any atom is 0.157 e. The number of hydrogen-bond donors (Lipinski definition) is 3. The molecule has 0 spiro atoms. The Morgan fingerprint density at radius 1 is 1.45 bits per heavy atom. The van der Waals surface area contributed by atoms with Crippen LogP contribution in [0.3, 0.4) is 0 Å². The lowest BCUT2D eigenvalue weighted by Gasteiger charge is -2.40. The van der Waals surface area contributed by atoms with Crippen LogP contribution in [0, 0.1) is 0 Å². The summed E-state index contributed by atoms with van der Waals surface area (Å²) in [5, 5.41) is 27.9. The van der Waals surface area contributed by atoms with Gasteiger partial charge < -0.3 is 20.1 Å². The first kappa shape index (κ1) is 8.93. The lowest BCUT2D eigenvalue weighted by atomic mass is 9.89. The lowest BCUT2D eigenvalue weighted by Crippen LogP contribution is -2.54. The molecule has 66 valence electrons. The number of rotatable bonds is 0. The van der Waals surface area contributed by atoms with Crippen LogP contribution in [0.15, 0.2) is 0 Å². The molecule has 0 radical (unpaired) electrons. The molecule has 3 N–H and O–H groups in total. The average molecular weight is 162 g/mol. The average Bonchev–Trinajstić information content (AvgIpc) is 1.81. The van der Waals surface area contributed by atoms with Gasteiger partial charge in [0.05, 0.1) is 11.7 Å². The summed E-state index contributed by atoms with van der Waals surface area (Å²) < 4.78 is 4.88. The minimum atomic E-state index is -1.24. The van der Waals surface area contributed by atoms with Crippen LogP contribution in [0.1, 0.15) is 20.3 Å². The molecule has 0 aromatic carbocycles. The first-order chi connectivity index (χ1) is 4.93. The van der Waals surface area contributed by atoms with E-state index in [1.807, 2.05) is 0 Å². The summed E-state index contributed by atoms with van der Waals surface area (Å²) in [6, 6.07) is 0. The Kier molecular flexibility index (Phi) is 2.20. The van der Waals surface area contributed by atoms with Crippen LogP contribution in [0.5, 0.6) is 0 Å². The van der Waals surface area contributed by atoms with Crippen molar-refractivity contribution in [2.45, 2.75) is 44.4 Å². The Morgan fingerprint density at radius 2 is 2.00 bits per heavy atom. The van der Waals surface area contributed by atoms with Crippen molar-refractivity contribution in [3.8, 4) is 0 Å². The molecule has 0 aliphatic carbocycles. The molecule has 11 heavy (non-hydrogen) atoms. The Hall–Kier alpha value is -0.160. The Labute approximate surface area is 65.4 Å². The van der Waals surface area contributed by atoms with Crippen LogP contribution >= 0.6 is 0 Å². The number of hydrogen-bond acceptors (Lipinski definition) is 4. The molecule has 1 saturated heterocycles. The zero-order valence-electron chi connectivity index (χ0n) is 6.69. The highest BCUT2D eigenvalue weighted by atomic mass is 16.6. The molecule has 1 fully saturated rings. The van der Waals surface area contributed by atoms with Gasteiger partial charge in [-0.05, 0) is 13.8 Å². The van der Waals surface area contributed by atoms with Crippen molar-refractivity contribution in [1.82, 2.24) is 0 Å². The molecule has 1 rings (SSSR count). The highest BCUT2D eigenvalue weighted by Gasteiger charge is 2.42. The highest BCUT2D eigenvalue weighted by Crippen LogP contribution is 2.27. The summed E-state index contributed by atoms with van der Waals surface area (Å²) in [5.41, 5.74) is -1.24. The predicted octanol–water partition coefficient (Wildman–Crippen LogP) is -0.775. The van der Waals surface area contributed by atoms with Gasteiger partial charge in [0.1, 0.15) is 6.10 Å².